The van der Waals surface area contributed by atoms with Crippen molar-refractivity contribution < 1.29 is 4.74 Å². The van der Waals surface area contributed by atoms with Gasteiger partial charge < -0.3 is 4.74 Å². The summed E-state index contributed by atoms with van der Waals surface area (Å²) in [5.41, 5.74) is 5.26. The molecule has 0 spiro atoms. The number of ether oxygens (including phenoxy) is 1. The first-order valence-electron chi connectivity index (χ1n) is 7.10. The van der Waals surface area contributed by atoms with Crippen LogP contribution in [0.1, 0.15) is 37.3 Å². The maximum absolute atomic E-state index is 5.76. The van der Waals surface area contributed by atoms with Crippen molar-refractivity contribution in [2.75, 3.05) is 6.61 Å². The van der Waals surface area contributed by atoms with Gasteiger partial charge in [0.05, 0.1) is 6.61 Å². The second-order valence-electron chi connectivity index (χ2n) is 5.55. The molecule has 0 unspecified atom stereocenters. The maximum Gasteiger partial charge on any atom is 0.123 e. The van der Waals surface area contributed by atoms with Gasteiger partial charge in [-0.3, -0.25) is 0 Å². The highest BCUT2D eigenvalue weighted by Crippen LogP contribution is 2.31. The van der Waals surface area contributed by atoms with E-state index in [1.54, 1.807) is 0 Å². The molecule has 3 rings (SSSR count). The van der Waals surface area contributed by atoms with E-state index in [0.29, 0.717) is 5.92 Å². The summed E-state index contributed by atoms with van der Waals surface area (Å²) in [5.74, 6) is 1.63. The third-order valence-corrected chi connectivity index (χ3v) is 3.80. The number of aryl methyl sites for hydroxylation is 1. The van der Waals surface area contributed by atoms with Gasteiger partial charge in [-0.15, -0.1) is 0 Å². The summed E-state index contributed by atoms with van der Waals surface area (Å²) in [7, 11) is 0. The molecule has 0 aliphatic carbocycles. The minimum absolute atomic E-state index is 0.564. The predicted octanol–water partition coefficient (Wildman–Crippen LogP) is 4.80. The van der Waals surface area contributed by atoms with E-state index in [9.17, 15) is 0 Å². The molecule has 19 heavy (non-hydrogen) atoms. The number of hydrogen-bond donors (Lipinski definition) is 0. The van der Waals surface area contributed by atoms with Crippen molar-refractivity contribution in [1.29, 1.82) is 0 Å². The Kier molecular flexibility index (Phi) is 3.29. The lowest BCUT2D eigenvalue weighted by Crippen LogP contribution is -2.08. The number of benzene rings is 2. The standard InChI is InChI=1S/C18H20O/c1-13(2)15-5-3-6-16(11-15)17-9-8-14-7-4-10-19-18(14)12-17/h3,5-6,8-9,11-13H,4,7,10H2,1-2H3. The second-order valence-corrected chi connectivity index (χ2v) is 5.55. The summed E-state index contributed by atoms with van der Waals surface area (Å²) in [6.45, 7) is 5.31. The monoisotopic (exact) mass is 252 g/mol. The van der Waals surface area contributed by atoms with Crippen LogP contribution in [0, 0.1) is 0 Å². The van der Waals surface area contributed by atoms with Crippen LogP contribution in [0.15, 0.2) is 42.5 Å². The van der Waals surface area contributed by atoms with Crippen molar-refractivity contribution in [3.63, 3.8) is 0 Å². The molecule has 1 aliphatic rings. The highest BCUT2D eigenvalue weighted by atomic mass is 16.5. The zero-order chi connectivity index (χ0) is 13.2. The molecule has 1 heteroatoms. The molecule has 0 saturated carbocycles. The Bertz CT molecular complexity index is 584. The molecular formula is C18H20O. The van der Waals surface area contributed by atoms with E-state index in [-0.39, 0.29) is 0 Å². The normalized spacial score (nSPS) is 14.1. The highest BCUT2D eigenvalue weighted by molar-refractivity contribution is 5.67. The lowest BCUT2D eigenvalue weighted by atomic mass is 9.96. The lowest BCUT2D eigenvalue weighted by Gasteiger charge is -2.18. The first-order chi connectivity index (χ1) is 9.24. The van der Waals surface area contributed by atoms with Crippen molar-refractivity contribution in [2.24, 2.45) is 0 Å². The first kappa shape index (κ1) is 12.3. The van der Waals surface area contributed by atoms with Crippen molar-refractivity contribution in [3.05, 3.63) is 53.6 Å². The molecule has 1 nitrogen and oxygen atoms in total. The fourth-order valence-corrected chi connectivity index (χ4v) is 2.60. The van der Waals surface area contributed by atoms with Gasteiger partial charge in [0.25, 0.3) is 0 Å². The number of hydrogen-bond acceptors (Lipinski definition) is 1. The van der Waals surface area contributed by atoms with Crippen molar-refractivity contribution >= 4 is 0 Å². The van der Waals surface area contributed by atoms with Crippen LogP contribution in [0.3, 0.4) is 0 Å². The fraction of sp³-hybridized carbons (Fsp3) is 0.333. The van der Waals surface area contributed by atoms with Gasteiger partial charge in [-0.05, 0) is 47.1 Å². The smallest absolute Gasteiger partial charge is 0.123 e. The van der Waals surface area contributed by atoms with E-state index in [2.05, 4.69) is 56.3 Å². The average Bonchev–Trinajstić information content (AvgIpc) is 2.47. The molecule has 0 fully saturated rings. The Morgan fingerprint density at radius 3 is 2.68 bits per heavy atom. The minimum Gasteiger partial charge on any atom is -0.493 e. The molecule has 2 aromatic rings. The van der Waals surface area contributed by atoms with Gasteiger partial charge in [0.2, 0.25) is 0 Å². The third-order valence-electron chi connectivity index (χ3n) is 3.80. The van der Waals surface area contributed by atoms with E-state index in [1.807, 2.05) is 0 Å². The molecule has 0 saturated heterocycles. The quantitative estimate of drug-likeness (QED) is 0.745. The number of rotatable bonds is 2. The van der Waals surface area contributed by atoms with E-state index in [0.717, 1.165) is 25.2 Å². The summed E-state index contributed by atoms with van der Waals surface area (Å²) < 4.78 is 5.76. The van der Waals surface area contributed by atoms with Crippen molar-refractivity contribution in [1.82, 2.24) is 0 Å². The predicted molar refractivity (Wildman–Crippen MR) is 79.8 cm³/mol. The zero-order valence-corrected chi connectivity index (χ0v) is 11.6. The van der Waals surface area contributed by atoms with Gasteiger partial charge in [0, 0.05) is 0 Å². The summed E-state index contributed by atoms with van der Waals surface area (Å²) >= 11 is 0. The van der Waals surface area contributed by atoms with Crippen LogP contribution in [0.4, 0.5) is 0 Å². The highest BCUT2D eigenvalue weighted by Gasteiger charge is 2.11. The largest absolute Gasteiger partial charge is 0.493 e. The molecule has 2 aromatic carbocycles. The summed E-state index contributed by atoms with van der Waals surface area (Å²) in [5, 5.41) is 0. The van der Waals surface area contributed by atoms with Gasteiger partial charge >= 0.3 is 0 Å². The Morgan fingerprint density at radius 2 is 1.84 bits per heavy atom. The molecular weight excluding hydrogens is 232 g/mol. The maximum atomic E-state index is 5.76. The van der Waals surface area contributed by atoms with Crippen LogP contribution in [0.5, 0.6) is 5.75 Å². The van der Waals surface area contributed by atoms with Crippen LogP contribution >= 0.6 is 0 Å². The SMILES string of the molecule is CC(C)c1cccc(-c2ccc3c(c2)OCCC3)c1. The van der Waals surface area contributed by atoms with Crippen molar-refractivity contribution in [3.8, 4) is 16.9 Å². The van der Waals surface area contributed by atoms with Crippen molar-refractivity contribution in [2.45, 2.75) is 32.6 Å². The van der Waals surface area contributed by atoms with Gasteiger partial charge in [-0.1, -0.05) is 50.2 Å². The first-order valence-corrected chi connectivity index (χ1v) is 7.10. The van der Waals surface area contributed by atoms with E-state index in [1.165, 1.54) is 22.3 Å². The molecule has 0 amide bonds. The molecule has 0 bridgehead atoms. The average molecular weight is 252 g/mol. The molecule has 1 aliphatic heterocycles. The Hall–Kier alpha value is -1.76. The van der Waals surface area contributed by atoms with Crippen LogP contribution in [-0.2, 0) is 6.42 Å². The molecule has 98 valence electrons. The molecule has 1 heterocycles. The molecule has 0 N–H and O–H groups in total. The van der Waals surface area contributed by atoms with Crippen LogP contribution in [0.25, 0.3) is 11.1 Å². The third kappa shape index (κ3) is 2.51. The van der Waals surface area contributed by atoms with E-state index >= 15 is 0 Å². The fourth-order valence-electron chi connectivity index (χ4n) is 2.60. The van der Waals surface area contributed by atoms with Gasteiger partial charge in [0.1, 0.15) is 5.75 Å². The Labute approximate surface area is 115 Å². The van der Waals surface area contributed by atoms with Gasteiger partial charge in [0.15, 0.2) is 0 Å². The molecule has 0 radical (unpaired) electrons. The van der Waals surface area contributed by atoms with Gasteiger partial charge in [-0.2, -0.15) is 0 Å². The van der Waals surface area contributed by atoms with Crippen LogP contribution < -0.4 is 4.74 Å². The summed E-state index contributed by atoms with van der Waals surface area (Å²) in [6.07, 6.45) is 2.27. The van der Waals surface area contributed by atoms with Crippen LogP contribution in [0.2, 0.25) is 0 Å². The van der Waals surface area contributed by atoms with E-state index in [4.69, 9.17) is 4.74 Å². The Balaban J connectivity index is 2.00. The topological polar surface area (TPSA) is 9.23 Å². The summed E-state index contributed by atoms with van der Waals surface area (Å²) in [4.78, 5) is 0. The molecule has 0 atom stereocenters. The summed E-state index contributed by atoms with van der Waals surface area (Å²) in [6, 6.07) is 15.4. The molecule has 0 aromatic heterocycles. The number of fused-ring (bicyclic) bond motifs is 1. The zero-order valence-electron chi connectivity index (χ0n) is 11.6. The van der Waals surface area contributed by atoms with Gasteiger partial charge in [-0.25, -0.2) is 0 Å². The second kappa shape index (κ2) is 5.08. The van der Waals surface area contributed by atoms with E-state index < -0.39 is 0 Å². The minimum atomic E-state index is 0.564. The lowest BCUT2D eigenvalue weighted by molar-refractivity contribution is 0.288. The Morgan fingerprint density at radius 1 is 1.00 bits per heavy atom. The van der Waals surface area contributed by atoms with Crippen LogP contribution in [-0.4, -0.2) is 6.61 Å².